The normalized spacial score (nSPS) is 14.6. The molecule has 164 valence electrons. The van der Waals surface area contributed by atoms with Crippen molar-refractivity contribution in [3.63, 3.8) is 0 Å². The molecule has 3 aromatic rings. The Kier molecular flexibility index (Phi) is 7.06. The maximum absolute atomic E-state index is 15.5. The molecule has 31 heavy (non-hydrogen) atoms. The highest BCUT2D eigenvalue weighted by molar-refractivity contribution is 9.10. The van der Waals surface area contributed by atoms with E-state index in [1.165, 1.54) is 12.8 Å². The van der Waals surface area contributed by atoms with Crippen LogP contribution in [0.2, 0.25) is 5.02 Å². The van der Waals surface area contributed by atoms with E-state index in [0.717, 1.165) is 29.7 Å². The third-order valence-corrected chi connectivity index (χ3v) is 6.57. The minimum absolute atomic E-state index is 0.0856. The summed E-state index contributed by atoms with van der Waals surface area (Å²) in [6, 6.07) is 7.15. The first-order chi connectivity index (χ1) is 14.9. The van der Waals surface area contributed by atoms with Gasteiger partial charge in [0, 0.05) is 40.6 Å². The van der Waals surface area contributed by atoms with Crippen LogP contribution < -0.4 is 0 Å². The molecule has 0 bridgehead atoms. The predicted molar refractivity (Wildman–Crippen MR) is 123 cm³/mol. The fourth-order valence-electron chi connectivity index (χ4n) is 3.98. The maximum Gasteiger partial charge on any atom is 0.188 e. The minimum atomic E-state index is -0.488. The predicted octanol–water partition coefficient (Wildman–Crippen LogP) is 5.01. The quantitative estimate of drug-likeness (QED) is 0.317. The highest BCUT2D eigenvalue weighted by atomic mass is 79.9. The van der Waals surface area contributed by atoms with Crippen molar-refractivity contribution in [2.24, 2.45) is 7.05 Å². The number of nitrogens with zero attached hydrogens (tertiary/aromatic N) is 3. The Bertz CT molecular complexity index is 1110. The number of halogens is 3. The molecule has 1 aromatic heterocycles. The van der Waals surface area contributed by atoms with Gasteiger partial charge in [-0.1, -0.05) is 33.6 Å². The van der Waals surface area contributed by atoms with E-state index in [1.54, 1.807) is 30.1 Å². The molecule has 0 amide bonds. The summed E-state index contributed by atoms with van der Waals surface area (Å²) in [6.45, 7) is 3.37. The lowest BCUT2D eigenvalue weighted by molar-refractivity contribution is 0.0716. The SMILES string of the molecule is Cn1cnc2c(F)c(Cc3ccc(Br)cc3Cl)c(C(=O)COCCN3CCCC3)cc21. The Labute approximate surface area is 194 Å². The van der Waals surface area contributed by atoms with Gasteiger partial charge in [0.05, 0.1) is 18.5 Å². The molecule has 2 heterocycles. The van der Waals surface area contributed by atoms with Crippen LogP contribution in [0.4, 0.5) is 4.39 Å². The second-order valence-corrected chi connectivity index (χ2v) is 9.20. The number of aryl methyl sites for hydroxylation is 1. The van der Waals surface area contributed by atoms with E-state index in [0.29, 0.717) is 28.3 Å². The second kappa shape index (κ2) is 9.77. The molecule has 5 nitrogen and oxygen atoms in total. The van der Waals surface area contributed by atoms with Crippen LogP contribution in [-0.2, 0) is 18.2 Å². The van der Waals surface area contributed by atoms with Gasteiger partial charge >= 0.3 is 0 Å². The third kappa shape index (κ3) is 5.00. The third-order valence-electron chi connectivity index (χ3n) is 5.73. The molecule has 1 fully saturated rings. The summed E-state index contributed by atoms with van der Waals surface area (Å²) in [5.74, 6) is -0.732. The monoisotopic (exact) mass is 507 g/mol. The molecule has 1 aliphatic rings. The van der Waals surface area contributed by atoms with Crippen molar-refractivity contribution < 1.29 is 13.9 Å². The average Bonchev–Trinajstić information content (AvgIpc) is 3.39. The van der Waals surface area contributed by atoms with Gasteiger partial charge in [0.2, 0.25) is 0 Å². The molecule has 0 saturated carbocycles. The van der Waals surface area contributed by atoms with Gasteiger partial charge in [-0.15, -0.1) is 0 Å². The van der Waals surface area contributed by atoms with Crippen molar-refractivity contribution in [2.45, 2.75) is 19.3 Å². The first-order valence-corrected chi connectivity index (χ1v) is 11.5. The summed E-state index contributed by atoms with van der Waals surface area (Å²) < 4.78 is 23.7. The van der Waals surface area contributed by atoms with Gasteiger partial charge in [0.25, 0.3) is 0 Å². The molecule has 1 saturated heterocycles. The summed E-state index contributed by atoms with van der Waals surface area (Å²) in [7, 11) is 1.78. The van der Waals surface area contributed by atoms with Crippen molar-refractivity contribution in [3.05, 3.63) is 62.6 Å². The zero-order chi connectivity index (χ0) is 22.0. The van der Waals surface area contributed by atoms with Gasteiger partial charge in [-0.25, -0.2) is 9.37 Å². The zero-order valence-electron chi connectivity index (χ0n) is 17.3. The van der Waals surface area contributed by atoms with Crippen LogP contribution in [-0.4, -0.2) is 53.1 Å². The molecule has 0 radical (unpaired) electrons. The Morgan fingerprint density at radius 1 is 1.29 bits per heavy atom. The molecule has 0 atom stereocenters. The Morgan fingerprint density at radius 3 is 2.81 bits per heavy atom. The van der Waals surface area contributed by atoms with Crippen LogP contribution in [0.1, 0.15) is 34.3 Å². The molecule has 8 heteroatoms. The number of likely N-dealkylation sites (tertiary alicyclic amines) is 1. The van der Waals surface area contributed by atoms with Gasteiger partial charge in [-0.2, -0.15) is 0 Å². The van der Waals surface area contributed by atoms with Crippen LogP contribution >= 0.6 is 27.5 Å². The number of ether oxygens (including phenoxy) is 1. The number of fused-ring (bicyclic) bond motifs is 1. The van der Waals surface area contributed by atoms with Crippen LogP contribution in [0.5, 0.6) is 0 Å². The molecule has 2 aromatic carbocycles. The van der Waals surface area contributed by atoms with Gasteiger partial charge in [0.1, 0.15) is 12.1 Å². The van der Waals surface area contributed by atoms with E-state index in [1.807, 2.05) is 12.1 Å². The number of Topliss-reactive ketones (excluding diaryl/α,β-unsaturated/α-hetero) is 1. The molecule has 0 N–H and O–H groups in total. The van der Waals surface area contributed by atoms with E-state index in [2.05, 4.69) is 25.8 Å². The topological polar surface area (TPSA) is 47.4 Å². The minimum Gasteiger partial charge on any atom is -0.372 e. The zero-order valence-corrected chi connectivity index (χ0v) is 19.7. The number of rotatable bonds is 8. The van der Waals surface area contributed by atoms with Crippen molar-refractivity contribution in [1.29, 1.82) is 0 Å². The molecular formula is C23H24BrClFN3O2. The maximum atomic E-state index is 15.5. The van der Waals surface area contributed by atoms with E-state index < -0.39 is 5.82 Å². The largest absolute Gasteiger partial charge is 0.372 e. The molecule has 4 rings (SSSR count). The van der Waals surface area contributed by atoms with Crippen molar-refractivity contribution in [2.75, 3.05) is 32.8 Å². The molecule has 0 spiro atoms. The van der Waals surface area contributed by atoms with Crippen molar-refractivity contribution >= 4 is 44.3 Å². The number of ketones is 1. The van der Waals surface area contributed by atoms with Crippen molar-refractivity contribution in [1.82, 2.24) is 14.5 Å². The Balaban J connectivity index is 1.59. The molecular weight excluding hydrogens is 485 g/mol. The van der Waals surface area contributed by atoms with Crippen LogP contribution in [0.15, 0.2) is 35.1 Å². The average molecular weight is 509 g/mol. The lowest BCUT2D eigenvalue weighted by Crippen LogP contribution is -2.25. The fourth-order valence-corrected chi connectivity index (χ4v) is 4.72. The standard InChI is InChI=1S/C23H24BrClFN3O2/c1-28-14-27-23-20(28)12-17(21(30)13-31-9-8-29-6-2-3-7-29)18(22(23)26)10-15-4-5-16(24)11-19(15)25/h4-5,11-12,14H,2-3,6-10,13H2,1H3. The summed E-state index contributed by atoms with van der Waals surface area (Å²) >= 11 is 9.75. The summed E-state index contributed by atoms with van der Waals surface area (Å²) in [5.41, 5.74) is 2.17. The second-order valence-electron chi connectivity index (χ2n) is 7.88. The first kappa shape index (κ1) is 22.4. The number of carbonyl (C=O) groups excluding carboxylic acids is 1. The number of carbonyl (C=O) groups is 1. The van der Waals surface area contributed by atoms with Gasteiger partial charge in [-0.05, 0) is 49.7 Å². The van der Waals surface area contributed by atoms with E-state index in [9.17, 15) is 4.79 Å². The van der Waals surface area contributed by atoms with Crippen LogP contribution in [0, 0.1) is 5.82 Å². The lowest BCUT2D eigenvalue weighted by atomic mass is 9.95. The number of aromatic nitrogens is 2. The van der Waals surface area contributed by atoms with Gasteiger partial charge < -0.3 is 14.2 Å². The summed E-state index contributed by atoms with van der Waals surface area (Å²) in [4.78, 5) is 19.5. The summed E-state index contributed by atoms with van der Waals surface area (Å²) in [5, 5.41) is 0.509. The van der Waals surface area contributed by atoms with E-state index in [4.69, 9.17) is 16.3 Å². The summed E-state index contributed by atoms with van der Waals surface area (Å²) in [6.07, 6.45) is 4.17. The van der Waals surface area contributed by atoms with E-state index >= 15 is 4.39 Å². The van der Waals surface area contributed by atoms with Gasteiger partial charge in [-0.3, -0.25) is 4.79 Å². The van der Waals surface area contributed by atoms with E-state index in [-0.39, 0.29) is 24.3 Å². The lowest BCUT2D eigenvalue weighted by Gasteiger charge is -2.15. The van der Waals surface area contributed by atoms with Crippen LogP contribution in [0.25, 0.3) is 11.0 Å². The highest BCUT2D eigenvalue weighted by Crippen LogP contribution is 2.30. The smallest absolute Gasteiger partial charge is 0.188 e. The number of hydrogen-bond acceptors (Lipinski definition) is 4. The Hall–Kier alpha value is -1.80. The number of hydrogen-bond donors (Lipinski definition) is 0. The Morgan fingerprint density at radius 2 is 2.06 bits per heavy atom. The molecule has 0 unspecified atom stereocenters. The molecule has 1 aliphatic heterocycles. The first-order valence-electron chi connectivity index (χ1n) is 10.3. The fraction of sp³-hybridized carbons (Fsp3) is 0.391. The van der Waals surface area contributed by atoms with Gasteiger partial charge in [0.15, 0.2) is 11.6 Å². The highest BCUT2D eigenvalue weighted by Gasteiger charge is 2.22. The number of benzene rings is 2. The van der Waals surface area contributed by atoms with Crippen molar-refractivity contribution in [3.8, 4) is 0 Å². The molecule has 0 aliphatic carbocycles. The number of imidazole rings is 1. The van der Waals surface area contributed by atoms with Crippen LogP contribution in [0.3, 0.4) is 0 Å².